The summed E-state index contributed by atoms with van der Waals surface area (Å²) >= 11 is 3.47. The highest BCUT2D eigenvalue weighted by atomic mass is 79.9. The Bertz CT molecular complexity index is 605. The van der Waals surface area contributed by atoms with Crippen molar-refractivity contribution in [3.05, 3.63) is 45.7 Å². The molecule has 0 aliphatic rings. The minimum atomic E-state index is -1.00. The van der Waals surface area contributed by atoms with E-state index < -0.39 is 5.97 Å². The van der Waals surface area contributed by atoms with Gasteiger partial charge in [-0.1, -0.05) is 28.9 Å². The maximum absolute atomic E-state index is 10.9. The van der Waals surface area contributed by atoms with Crippen molar-refractivity contribution in [1.82, 2.24) is 9.78 Å². The topological polar surface area (TPSA) is 55.1 Å². The lowest BCUT2D eigenvalue weighted by Crippen LogP contribution is -2.03. The summed E-state index contributed by atoms with van der Waals surface area (Å²) in [4.78, 5) is 10.9. The molecule has 0 unspecified atom stereocenters. The predicted molar refractivity (Wildman–Crippen MR) is 72.3 cm³/mol. The second kappa shape index (κ2) is 4.94. The van der Waals surface area contributed by atoms with Crippen molar-refractivity contribution in [2.24, 2.45) is 0 Å². The Labute approximate surface area is 113 Å². The second-order valence-corrected chi connectivity index (χ2v) is 4.88. The number of aromatic carboxylic acids is 1. The molecule has 18 heavy (non-hydrogen) atoms. The van der Waals surface area contributed by atoms with Crippen molar-refractivity contribution in [3.8, 4) is 5.69 Å². The van der Waals surface area contributed by atoms with Crippen LogP contribution < -0.4 is 0 Å². The molecular weight excluding hydrogens is 296 g/mol. The number of carboxylic acid groups (broad SMARTS) is 1. The quantitative estimate of drug-likeness (QED) is 0.947. The van der Waals surface area contributed by atoms with Gasteiger partial charge in [0.25, 0.3) is 0 Å². The molecule has 5 heteroatoms. The number of hydrogen-bond donors (Lipinski definition) is 1. The summed E-state index contributed by atoms with van der Waals surface area (Å²) < 4.78 is 2.66. The van der Waals surface area contributed by atoms with Gasteiger partial charge in [-0.2, -0.15) is 5.10 Å². The number of rotatable bonds is 3. The molecule has 94 valence electrons. The first-order valence-electron chi connectivity index (χ1n) is 5.61. The predicted octanol–water partition coefficient (Wildman–Crippen LogP) is 3.20. The normalized spacial score (nSPS) is 10.6. The smallest absolute Gasteiger partial charge is 0.356 e. The molecule has 0 spiro atoms. The third-order valence-electron chi connectivity index (χ3n) is 2.76. The molecule has 0 saturated carbocycles. The van der Waals surface area contributed by atoms with E-state index >= 15 is 0 Å². The molecule has 0 saturated heterocycles. The van der Waals surface area contributed by atoms with Gasteiger partial charge in [-0.25, -0.2) is 9.48 Å². The number of halogens is 1. The van der Waals surface area contributed by atoms with Crippen LogP contribution in [0.4, 0.5) is 0 Å². The van der Waals surface area contributed by atoms with Crippen molar-refractivity contribution in [2.75, 3.05) is 0 Å². The lowest BCUT2D eigenvalue weighted by atomic mass is 10.2. The lowest BCUT2D eigenvalue weighted by molar-refractivity contribution is 0.0690. The summed E-state index contributed by atoms with van der Waals surface area (Å²) in [5.74, 6) is -1.00. The van der Waals surface area contributed by atoms with Crippen LogP contribution in [0.15, 0.2) is 28.7 Å². The van der Waals surface area contributed by atoms with Gasteiger partial charge >= 0.3 is 5.97 Å². The maximum Gasteiger partial charge on any atom is 0.356 e. The summed E-state index contributed by atoms with van der Waals surface area (Å²) in [6.07, 6.45) is 0.728. The Morgan fingerprint density at radius 3 is 2.72 bits per heavy atom. The van der Waals surface area contributed by atoms with Crippen molar-refractivity contribution in [1.29, 1.82) is 0 Å². The molecule has 1 N–H and O–H groups in total. The third-order valence-corrected chi connectivity index (χ3v) is 3.62. The first-order valence-corrected chi connectivity index (χ1v) is 6.41. The molecule has 0 radical (unpaired) electrons. The maximum atomic E-state index is 10.9. The van der Waals surface area contributed by atoms with E-state index in [0.717, 1.165) is 27.8 Å². The highest BCUT2D eigenvalue weighted by Crippen LogP contribution is 2.21. The van der Waals surface area contributed by atoms with E-state index in [9.17, 15) is 4.79 Å². The number of nitrogens with zero attached hydrogens (tertiary/aromatic N) is 2. The average Bonchev–Trinajstić information content (AvgIpc) is 2.77. The molecule has 0 aliphatic heterocycles. The number of carboxylic acids is 1. The van der Waals surface area contributed by atoms with E-state index in [1.165, 1.54) is 0 Å². The molecule has 0 fully saturated rings. The molecule has 1 aromatic carbocycles. The van der Waals surface area contributed by atoms with E-state index in [1.807, 2.05) is 32.0 Å². The molecule has 1 aromatic heterocycles. The van der Waals surface area contributed by atoms with E-state index in [2.05, 4.69) is 21.0 Å². The Balaban J connectivity index is 2.55. The molecular formula is C13H13BrN2O2. The number of benzene rings is 1. The second-order valence-electron chi connectivity index (χ2n) is 4.02. The van der Waals surface area contributed by atoms with Gasteiger partial charge in [-0.05, 0) is 37.1 Å². The summed E-state index contributed by atoms with van der Waals surface area (Å²) in [6.45, 7) is 3.97. The first kappa shape index (κ1) is 12.8. The fraction of sp³-hybridized carbons (Fsp3) is 0.231. The highest BCUT2D eigenvalue weighted by Gasteiger charge is 2.13. The SMILES string of the molecule is CCc1cc(C(=O)O)nn1-c1ccc(C)c(Br)c1. The summed E-state index contributed by atoms with van der Waals surface area (Å²) in [5, 5.41) is 13.1. The average molecular weight is 309 g/mol. The van der Waals surface area contributed by atoms with Crippen LogP contribution in [0, 0.1) is 6.92 Å². The zero-order valence-corrected chi connectivity index (χ0v) is 11.7. The van der Waals surface area contributed by atoms with Crippen molar-refractivity contribution < 1.29 is 9.90 Å². The van der Waals surface area contributed by atoms with Gasteiger partial charge in [0.15, 0.2) is 5.69 Å². The number of carbonyl (C=O) groups is 1. The van der Waals surface area contributed by atoms with E-state index in [0.29, 0.717) is 0 Å². The number of hydrogen-bond acceptors (Lipinski definition) is 2. The van der Waals surface area contributed by atoms with Crippen LogP contribution in [-0.4, -0.2) is 20.9 Å². The minimum Gasteiger partial charge on any atom is -0.476 e. The van der Waals surface area contributed by atoms with Gasteiger partial charge < -0.3 is 5.11 Å². The van der Waals surface area contributed by atoms with Crippen LogP contribution in [0.5, 0.6) is 0 Å². The Morgan fingerprint density at radius 2 is 2.17 bits per heavy atom. The zero-order chi connectivity index (χ0) is 13.3. The summed E-state index contributed by atoms with van der Waals surface area (Å²) in [5.41, 5.74) is 2.94. The van der Waals surface area contributed by atoms with Crippen LogP contribution in [-0.2, 0) is 6.42 Å². The van der Waals surface area contributed by atoms with Gasteiger partial charge in [0.05, 0.1) is 5.69 Å². The van der Waals surface area contributed by atoms with Gasteiger partial charge in [-0.3, -0.25) is 0 Å². The van der Waals surface area contributed by atoms with Crippen molar-refractivity contribution >= 4 is 21.9 Å². The van der Waals surface area contributed by atoms with Crippen LogP contribution >= 0.6 is 15.9 Å². The Hall–Kier alpha value is -1.62. The van der Waals surface area contributed by atoms with Gasteiger partial charge in [0.2, 0.25) is 0 Å². The molecule has 2 rings (SSSR count). The van der Waals surface area contributed by atoms with Gasteiger partial charge in [-0.15, -0.1) is 0 Å². The minimum absolute atomic E-state index is 0.0727. The number of aromatic nitrogens is 2. The first-order chi connectivity index (χ1) is 8.52. The molecule has 0 bridgehead atoms. The van der Waals surface area contributed by atoms with Crippen LogP contribution in [0.1, 0.15) is 28.7 Å². The van der Waals surface area contributed by atoms with Gasteiger partial charge in [0, 0.05) is 10.2 Å². The molecule has 0 amide bonds. The monoisotopic (exact) mass is 308 g/mol. The third kappa shape index (κ3) is 2.31. The molecule has 2 aromatic rings. The standard InChI is InChI=1S/C13H13BrN2O2/c1-3-9-7-12(13(17)18)15-16(9)10-5-4-8(2)11(14)6-10/h4-7H,3H2,1-2H3,(H,17,18). The largest absolute Gasteiger partial charge is 0.476 e. The molecule has 0 atom stereocenters. The Morgan fingerprint density at radius 1 is 1.44 bits per heavy atom. The summed E-state index contributed by atoms with van der Waals surface area (Å²) in [7, 11) is 0. The summed E-state index contributed by atoms with van der Waals surface area (Å²) in [6, 6.07) is 7.45. The lowest BCUT2D eigenvalue weighted by Gasteiger charge is -2.07. The number of aryl methyl sites for hydroxylation is 2. The van der Waals surface area contributed by atoms with Crippen molar-refractivity contribution in [2.45, 2.75) is 20.3 Å². The van der Waals surface area contributed by atoms with Crippen molar-refractivity contribution in [3.63, 3.8) is 0 Å². The van der Waals surface area contributed by atoms with Gasteiger partial charge in [0.1, 0.15) is 0 Å². The molecule has 4 nitrogen and oxygen atoms in total. The van der Waals surface area contributed by atoms with Crippen LogP contribution in [0.3, 0.4) is 0 Å². The fourth-order valence-electron chi connectivity index (χ4n) is 1.71. The van der Waals surface area contributed by atoms with E-state index in [4.69, 9.17) is 5.11 Å². The molecule has 1 heterocycles. The highest BCUT2D eigenvalue weighted by molar-refractivity contribution is 9.10. The fourth-order valence-corrected chi connectivity index (χ4v) is 2.08. The van der Waals surface area contributed by atoms with E-state index in [-0.39, 0.29) is 5.69 Å². The van der Waals surface area contributed by atoms with E-state index in [1.54, 1.807) is 10.7 Å². The van der Waals surface area contributed by atoms with Crippen LogP contribution in [0.25, 0.3) is 5.69 Å². The Kier molecular flexibility index (Phi) is 3.52. The van der Waals surface area contributed by atoms with Crippen LogP contribution in [0.2, 0.25) is 0 Å². The molecule has 0 aliphatic carbocycles. The zero-order valence-electron chi connectivity index (χ0n) is 10.1.